The van der Waals surface area contributed by atoms with Crippen molar-refractivity contribution >= 4 is 0 Å². The highest BCUT2D eigenvalue weighted by atomic mass is 13.8. The van der Waals surface area contributed by atoms with E-state index in [1.54, 1.807) is 0 Å². The molecule has 0 saturated heterocycles. The van der Waals surface area contributed by atoms with Gasteiger partial charge in [-0.15, -0.1) is 0 Å². The number of allylic oxidation sites excluding steroid dienone is 10. The van der Waals surface area contributed by atoms with Crippen LogP contribution in [0.4, 0.5) is 0 Å². The van der Waals surface area contributed by atoms with Crippen LogP contribution in [0.2, 0.25) is 0 Å². The van der Waals surface area contributed by atoms with Gasteiger partial charge in [0.05, 0.1) is 0 Å². The Balaban J connectivity index is 2.51. The van der Waals surface area contributed by atoms with E-state index in [1.807, 2.05) is 36.5 Å². The topological polar surface area (TPSA) is 0 Å². The summed E-state index contributed by atoms with van der Waals surface area (Å²) in [4.78, 5) is 0. The van der Waals surface area contributed by atoms with Crippen LogP contribution in [0.25, 0.3) is 0 Å². The van der Waals surface area contributed by atoms with Gasteiger partial charge in [-0.1, -0.05) is 54.7 Å². The van der Waals surface area contributed by atoms with Gasteiger partial charge in [-0.2, -0.15) is 0 Å². The van der Waals surface area contributed by atoms with E-state index in [9.17, 15) is 0 Å². The Morgan fingerprint density at radius 2 is 1.46 bits per heavy atom. The Hall–Kier alpha value is -1.30. The van der Waals surface area contributed by atoms with Crippen molar-refractivity contribution in [3.8, 4) is 0 Å². The third-order valence-electron chi connectivity index (χ3n) is 1.71. The third-order valence-corrected chi connectivity index (χ3v) is 1.71. The second kappa shape index (κ2) is 7.35. The quantitative estimate of drug-likeness (QED) is 0.520. The molecule has 1 radical (unpaired) electrons. The maximum absolute atomic E-state index is 3.22. The van der Waals surface area contributed by atoms with Crippen LogP contribution in [0.1, 0.15) is 19.3 Å². The van der Waals surface area contributed by atoms with Gasteiger partial charge >= 0.3 is 0 Å². The minimum atomic E-state index is 1.04. The molecule has 67 valence electrons. The van der Waals surface area contributed by atoms with Crippen molar-refractivity contribution in [2.45, 2.75) is 19.3 Å². The fraction of sp³-hybridized carbons (Fsp3) is 0.231. The van der Waals surface area contributed by atoms with E-state index < -0.39 is 0 Å². The van der Waals surface area contributed by atoms with Gasteiger partial charge in [0.1, 0.15) is 0 Å². The molecule has 0 aromatic heterocycles. The average Bonchev–Trinajstić information content (AvgIpc) is 2.18. The lowest BCUT2D eigenvalue weighted by Crippen LogP contribution is -1.68. The summed E-state index contributed by atoms with van der Waals surface area (Å²) in [5.41, 5.74) is 0. The molecule has 0 unspecified atom stereocenters. The van der Waals surface area contributed by atoms with Crippen molar-refractivity contribution in [1.29, 1.82) is 0 Å². The molecular weight excluding hydrogens is 156 g/mol. The minimum absolute atomic E-state index is 1.04. The van der Waals surface area contributed by atoms with Crippen LogP contribution >= 0.6 is 0 Å². The van der Waals surface area contributed by atoms with Crippen LogP contribution in [0, 0.1) is 6.08 Å². The molecule has 0 nitrogen and oxygen atoms in total. The zero-order chi connectivity index (χ0) is 9.19. The first kappa shape index (κ1) is 9.79. The summed E-state index contributed by atoms with van der Waals surface area (Å²) in [5.74, 6) is 0. The van der Waals surface area contributed by atoms with Gasteiger partial charge in [-0.3, -0.25) is 0 Å². The summed E-state index contributed by atoms with van der Waals surface area (Å²) in [5, 5.41) is 0. The standard InChI is InChI=1S/C13H15/c1-2-4-6-8-10-12-13-11-9-7-5-3-1/h1-9H,10,12-13H2/b3-1+,4-2-,7-5-,8-6+,11-9?. The zero-order valence-electron chi connectivity index (χ0n) is 7.82. The van der Waals surface area contributed by atoms with Crippen molar-refractivity contribution in [3.05, 3.63) is 60.8 Å². The van der Waals surface area contributed by atoms with Crippen LogP contribution < -0.4 is 0 Å². The average molecular weight is 171 g/mol. The molecule has 0 heterocycles. The molecule has 1 aliphatic rings. The van der Waals surface area contributed by atoms with Gasteiger partial charge in [0, 0.05) is 0 Å². The van der Waals surface area contributed by atoms with Crippen LogP contribution in [-0.2, 0) is 0 Å². The molecule has 0 aliphatic heterocycles. The Kier molecular flexibility index (Phi) is 5.54. The summed E-state index contributed by atoms with van der Waals surface area (Å²) in [6, 6.07) is 0. The lowest BCUT2D eigenvalue weighted by molar-refractivity contribution is 0.855. The fourth-order valence-electron chi connectivity index (χ4n) is 1.02. The molecule has 0 heteroatoms. The van der Waals surface area contributed by atoms with Crippen molar-refractivity contribution in [2.75, 3.05) is 0 Å². The van der Waals surface area contributed by atoms with Gasteiger partial charge in [0.15, 0.2) is 0 Å². The lowest BCUT2D eigenvalue weighted by atomic mass is 10.2. The van der Waals surface area contributed by atoms with E-state index >= 15 is 0 Å². The Labute approximate surface area is 80.7 Å². The van der Waals surface area contributed by atoms with E-state index in [0.29, 0.717) is 0 Å². The highest BCUT2D eigenvalue weighted by Gasteiger charge is 1.79. The predicted molar refractivity (Wildman–Crippen MR) is 58.2 cm³/mol. The minimum Gasteiger partial charge on any atom is -0.0845 e. The van der Waals surface area contributed by atoms with Gasteiger partial charge < -0.3 is 0 Å². The van der Waals surface area contributed by atoms with Crippen LogP contribution in [0.5, 0.6) is 0 Å². The van der Waals surface area contributed by atoms with Crippen molar-refractivity contribution in [3.63, 3.8) is 0 Å². The molecule has 0 aromatic carbocycles. The smallest absolute Gasteiger partial charge is 0.0273 e. The largest absolute Gasteiger partial charge is 0.0845 e. The molecule has 1 aliphatic carbocycles. The molecule has 0 aromatic rings. The maximum atomic E-state index is 3.22. The van der Waals surface area contributed by atoms with Crippen LogP contribution in [0.15, 0.2) is 54.7 Å². The second-order valence-electron chi connectivity index (χ2n) is 2.85. The molecule has 0 N–H and O–H groups in total. The summed E-state index contributed by atoms with van der Waals surface area (Å²) in [7, 11) is 0. The van der Waals surface area contributed by atoms with E-state index in [0.717, 1.165) is 12.8 Å². The molecular formula is C13H15. The van der Waals surface area contributed by atoms with Crippen molar-refractivity contribution in [2.24, 2.45) is 0 Å². The number of hydrogen-bond acceptors (Lipinski definition) is 0. The van der Waals surface area contributed by atoms with Gasteiger partial charge in [-0.05, 0) is 25.3 Å². The molecule has 13 heavy (non-hydrogen) atoms. The normalized spacial score (nSPS) is 30.2. The lowest BCUT2D eigenvalue weighted by Gasteiger charge is -1.87. The summed E-state index contributed by atoms with van der Waals surface area (Å²) >= 11 is 0. The summed E-state index contributed by atoms with van der Waals surface area (Å²) in [6.07, 6.45) is 25.0. The number of hydrogen-bond donors (Lipinski definition) is 0. The van der Waals surface area contributed by atoms with Crippen LogP contribution in [-0.4, -0.2) is 0 Å². The molecule has 0 bridgehead atoms. The first-order valence-corrected chi connectivity index (χ1v) is 4.72. The SMILES string of the molecule is [C]1=C/C=C\C=C\C=C/C=C/CCC/1. The molecule has 0 fully saturated rings. The van der Waals surface area contributed by atoms with Crippen molar-refractivity contribution < 1.29 is 0 Å². The van der Waals surface area contributed by atoms with E-state index in [-0.39, 0.29) is 0 Å². The molecule has 0 amide bonds. The monoisotopic (exact) mass is 171 g/mol. The second-order valence-corrected chi connectivity index (χ2v) is 2.85. The Bertz CT molecular complexity index is 223. The molecule has 1 rings (SSSR count). The maximum Gasteiger partial charge on any atom is -0.0273 e. The summed E-state index contributed by atoms with van der Waals surface area (Å²) < 4.78 is 0. The van der Waals surface area contributed by atoms with Crippen LogP contribution in [0.3, 0.4) is 0 Å². The van der Waals surface area contributed by atoms with Gasteiger partial charge in [0.2, 0.25) is 0 Å². The first-order valence-electron chi connectivity index (χ1n) is 4.72. The number of rotatable bonds is 0. The Morgan fingerprint density at radius 1 is 0.769 bits per heavy atom. The van der Waals surface area contributed by atoms with E-state index in [4.69, 9.17) is 0 Å². The predicted octanol–water partition coefficient (Wildman–Crippen LogP) is 3.75. The summed E-state index contributed by atoms with van der Waals surface area (Å²) in [6.45, 7) is 0. The first-order chi connectivity index (χ1) is 6.50. The third kappa shape index (κ3) is 5.92. The van der Waals surface area contributed by atoms with E-state index in [2.05, 4.69) is 24.3 Å². The van der Waals surface area contributed by atoms with Gasteiger partial charge in [-0.25, -0.2) is 0 Å². The molecule has 0 saturated carbocycles. The Morgan fingerprint density at radius 3 is 2.31 bits per heavy atom. The highest BCUT2D eigenvalue weighted by Crippen LogP contribution is 1.98. The highest BCUT2D eigenvalue weighted by molar-refractivity contribution is 5.17. The van der Waals surface area contributed by atoms with Gasteiger partial charge in [0.25, 0.3) is 0 Å². The fourth-order valence-corrected chi connectivity index (χ4v) is 1.02. The van der Waals surface area contributed by atoms with E-state index in [1.165, 1.54) is 6.42 Å². The van der Waals surface area contributed by atoms with Crippen molar-refractivity contribution in [1.82, 2.24) is 0 Å². The zero-order valence-corrected chi connectivity index (χ0v) is 7.82. The molecule has 0 atom stereocenters. The molecule has 0 spiro atoms.